The Morgan fingerprint density at radius 3 is 3.06 bits per heavy atom. The molecule has 0 saturated carbocycles. The summed E-state index contributed by atoms with van der Waals surface area (Å²) in [5.74, 6) is 0.560. The molecule has 3 nitrogen and oxygen atoms in total. The lowest BCUT2D eigenvalue weighted by atomic mass is 9.99. The molecule has 96 valence electrons. The van der Waals surface area contributed by atoms with E-state index in [-0.39, 0.29) is 0 Å². The van der Waals surface area contributed by atoms with Gasteiger partial charge in [-0.05, 0) is 31.0 Å². The standard InChI is InChI=1S/C14H17ClN2O/c1-2-14-11(5-6-18-14)9-17-12-4-3-10(8-16)13(15)7-12/h3-4,7,11,14,17H,2,5-6,9H2,1H3. The van der Waals surface area contributed by atoms with E-state index >= 15 is 0 Å². The van der Waals surface area contributed by atoms with Crippen LogP contribution in [0, 0.1) is 17.2 Å². The van der Waals surface area contributed by atoms with E-state index in [0.717, 1.165) is 31.7 Å². The highest BCUT2D eigenvalue weighted by Gasteiger charge is 2.26. The molecule has 1 N–H and O–H groups in total. The zero-order valence-electron chi connectivity index (χ0n) is 10.4. The molecule has 18 heavy (non-hydrogen) atoms. The van der Waals surface area contributed by atoms with Crippen LogP contribution in [0.15, 0.2) is 18.2 Å². The van der Waals surface area contributed by atoms with Gasteiger partial charge in [-0.15, -0.1) is 0 Å². The number of nitriles is 1. The summed E-state index contributed by atoms with van der Waals surface area (Å²) in [6.45, 7) is 3.90. The third-order valence-corrected chi connectivity index (χ3v) is 3.72. The summed E-state index contributed by atoms with van der Waals surface area (Å²) in [4.78, 5) is 0. The first-order valence-corrected chi connectivity index (χ1v) is 6.67. The van der Waals surface area contributed by atoms with E-state index in [2.05, 4.69) is 18.3 Å². The molecule has 0 radical (unpaired) electrons. The van der Waals surface area contributed by atoms with Crippen molar-refractivity contribution in [1.29, 1.82) is 5.26 Å². The first-order valence-electron chi connectivity index (χ1n) is 6.29. The zero-order valence-corrected chi connectivity index (χ0v) is 11.2. The van der Waals surface area contributed by atoms with Crippen LogP contribution in [-0.2, 0) is 4.74 Å². The Bertz CT molecular complexity index is 456. The van der Waals surface area contributed by atoms with Gasteiger partial charge < -0.3 is 10.1 Å². The Morgan fingerprint density at radius 1 is 1.56 bits per heavy atom. The second-order valence-corrected chi connectivity index (χ2v) is 4.96. The maximum atomic E-state index is 8.81. The summed E-state index contributed by atoms with van der Waals surface area (Å²) < 4.78 is 5.65. The SMILES string of the molecule is CCC1OCCC1CNc1ccc(C#N)c(Cl)c1. The predicted molar refractivity (Wildman–Crippen MR) is 72.8 cm³/mol. The lowest BCUT2D eigenvalue weighted by Crippen LogP contribution is -2.22. The fraction of sp³-hybridized carbons (Fsp3) is 0.500. The van der Waals surface area contributed by atoms with Crippen molar-refractivity contribution in [2.24, 2.45) is 5.92 Å². The van der Waals surface area contributed by atoms with Crippen LogP contribution in [0.4, 0.5) is 5.69 Å². The number of ether oxygens (including phenoxy) is 1. The van der Waals surface area contributed by atoms with Gasteiger partial charge in [0.2, 0.25) is 0 Å². The van der Waals surface area contributed by atoms with Crippen LogP contribution in [0.5, 0.6) is 0 Å². The average molecular weight is 265 g/mol. The van der Waals surface area contributed by atoms with Crippen molar-refractivity contribution in [3.05, 3.63) is 28.8 Å². The van der Waals surface area contributed by atoms with Crippen molar-refractivity contribution < 1.29 is 4.74 Å². The first-order chi connectivity index (χ1) is 8.74. The summed E-state index contributed by atoms with van der Waals surface area (Å²) in [7, 11) is 0. The molecule has 0 aromatic heterocycles. The van der Waals surface area contributed by atoms with Crippen molar-refractivity contribution >= 4 is 17.3 Å². The highest BCUT2D eigenvalue weighted by Crippen LogP contribution is 2.25. The summed E-state index contributed by atoms with van der Waals surface area (Å²) >= 11 is 5.99. The predicted octanol–water partition coefficient (Wildman–Crippen LogP) is 3.44. The Hall–Kier alpha value is -1.24. The molecule has 1 aliphatic heterocycles. The first kappa shape index (κ1) is 13.2. The minimum atomic E-state index is 0.367. The van der Waals surface area contributed by atoms with Gasteiger partial charge in [-0.1, -0.05) is 18.5 Å². The van der Waals surface area contributed by atoms with Crippen LogP contribution in [0.2, 0.25) is 5.02 Å². The average Bonchev–Trinajstić information content (AvgIpc) is 2.84. The van der Waals surface area contributed by atoms with Crippen molar-refractivity contribution in [1.82, 2.24) is 0 Å². The summed E-state index contributed by atoms with van der Waals surface area (Å²) in [5, 5.41) is 12.7. The highest BCUT2D eigenvalue weighted by atomic mass is 35.5. The minimum absolute atomic E-state index is 0.367. The van der Waals surface area contributed by atoms with E-state index in [1.165, 1.54) is 0 Å². The number of hydrogen-bond acceptors (Lipinski definition) is 3. The van der Waals surface area contributed by atoms with Crippen LogP contribution in [0.25, 0.3) is 0 Å². The van der Waals surface area contributed by atoms with Gasteiger partial charge in [0, 0.05) is 24.8 Å². The fourth-order valence-corrected chi connectivity index (χ4v) is 2.56. The number of nitrogens with zero attached hydrogens (tertiary/aromatic N) is 1. The smallest absolute Gasteiger partial charge is 0.101 e. The van der Waals surface area contributed by atoms with Gasteiger partial charge in [-0.2, -0.15) is 5.26 Å². The van der Waals surface area contributed by atoms with E-state index in [0.29, 0.717) is 22.6 Å². The maximum absolute atomic E-state index is 8.81. The Labute approximate surface area is 113 Å². The molecule has 1 saturated heterocycles. The molecule has 1 aliphatic rings. The van der Waals surface area contributed by atoms with Gasteiger partial charge in [0.1, 0.15) is 6.07 Å². The molecule has 4 heteroatoms. The maximum Gasteiger partial charge on any atom is 0.101 e. The van der Waals surface area contributed by atoms with Crippen LogP contribution in [0.3, 0.4) is 0 Å². The second kappa shape index (κ2) is 6.08. The topological polar surface area (TPSA) is 45.0 Å². The second-order valence-electron chi connectivity index (χ2n) is 4.55. The molecular weight excluding hydrogens is 248 g/mol. The Balaban J connectivity index is 1.94. The highest BCUT2D eigenvalue weighted by molar-refractivity contribution is 6.32. The minimum Gasteiger partial charge on any atom is -0.385 e. The Morgan fingerprint density at radius 2 is 2.39 bits per heavy atom. The molecule has 1 aromatic carbocycles. The van der Waals surface area contributed by atoms with Crippen molar-refractivity contribution in [2.75, 3.05) is 18.5 Å². The lowest BCUT2D eigenvalue weighted by molar-refractivity contribution is 0.0900. The van der Waals surface area contributed by atoms with Crippen molar-refractivity contribution in [2.45, 2.75) is 25.9 Å². The number of anilines is 1. The molecule has 1 aromatic rings. The van der Waals surface area contributed by atoms with Gasteiger partial charge in [-0.25, -0.2) is 0 Å². The number of halogens is 1. The van der Waals surface area contributed by atoms with Gasteiger partial charge >= 0.3 is 0 Å². The quantitative estimate of drug-likeness (QED) is 0.906. The number of benzene rings is 1. The number of rotatable bonds is 4. The molecule has 0 amide bonds. The van der Waals surface area contributed by atoms with E-state index in [4.69, 9.17) is 21.6 Å². The van der Waals surface area contributed by atoms with Crippen LogP contribution >= 0.6 is 11.6 Å². The van der Waals surface area contributed by atoms with Gasteiger partial charge in [0.25, 0.3) is 0 Å². The molecular formula is C14H17ClN2O. The van der Waals surface area contributed by atoms with E-state index in [9.17, 15) is 0 Å². The van der Waals surface area contributed by atoms with Crippen molar-refractivity contribution in [3.63, 3.8) is 0 Å². The Kier molecular flexibility index (Phi) is 4.46. The molecule has 1 heterocycles. The van der Waals surface area contributed by atoms with Gasteiger partial charge in [-0.3, -0.25) is 0 Å². The summed E-state index contributed by atoms with van der Waals surface area (Å²) in [6, 6.07) is 7.49. The van der Waals surface area contributed by atoms with Gasteiger partial charge in [0.15, 0.2) is 0 Å². The number of hydrogen-bond donors (Lipinski definition) is 1. The number of nitrogens with one attached hydrogen (secondary N) is 1. The molecule has 2 rings (SSSR count). The van der Waals surface area contributed by atoms with E-state index in [1.54, 1.807) is 12.1 Å². The molecule has 1 fully saturated rings. The van der Waals surface area contributed by atoms with Gasteiger partial charge in [0.05, 0.1) is 16.7 Å². The monoisotopic (exact) mass is 264 g/mol. The largest absolute Gasteiger partial charge is 0.385 e. The zero-order chi connectivity index (χ0) is 13.0. The van der Waals surface area contributed by atoms with Crippen molar-refractivity contribution in [3.8, 4) is 6.07 Å². The molecule has 0 aliphatic carbocycles. The third-order valence-electron chi connectivity index (χ3n) is 3.41. The lowest BCUT2D eigenvalue weighted by Gasteiger charge is -2.18. The van der Waals surface area contributed by atoms with E-state index < -0.39 is 0 Å². The van der Waals surface area contributed by atoms with Crippen LogP contribution in [-0.4, -0.2) is 19.3 Å². The fourth-order valence-electron chi connectivity index (χ4n) is 2.34. The molecule has 0 bridgehead atoms. The normalized spacial score (nSPS) is 22.7. The summed E-state index contributed by atoms with van der Waals surface area (Å²) in [6.07, 6.45) is 2.53. The van der Waals surface area contributed by atoms with E-state index in [1.807, 2.05) is 6.07 Å². The van der Waals surface area contributed by atoms with Crippen LogP contribution in [0.1, 0.15) is 25.3 Å². The third kappa shape index (κ3) is 2.95. The van der Waals surface area contributed by atoms with Crippen LogP contribution < -0.4 is 5.32 Å². The molecule has 2 atom stereocenters. The molecule has 0 spiro atoms. The summed E-state index contributed by atoms with van der Waals surface area (Å²) in [5.41, 5.74) is 1.47. The molecule has 2 unspecified atom stereocenters.